The van der Waals surface area contributed by atoms with Crippen LogP contribution in [0.1, 0.15) is 5.56 Å². The molecule has 2 nitrogen and oxygen atoms in total. The molecule has 0 spiro atoms. The molecule has 5 heteroatoms. The van der Waals surface area contributed by atoms with Crippen LogP contribution in [0.2, 0.25) is 5.15 Å². The van der Waals surface area contributed by atoms with Crippen molar-refractivity contribution in [1.82, 2.24) is 10.2 Å². The van der Waals surface area contributed by atoms with Gasteiger partial charge in [0.15, 0.2) is 5.15 Å². The molecule has 0 atom stereocenters. The molecule has 1 aromatic heterocycles. The molecule has 0 bridgehead atoms. The summed E-state index contributed by atoms with van der Waals surface area (Å²) in [6.45, 7) is 0. The van der Waals surface area contributed by atoms with Gasteiger partial charge in [0.1, 0.15) is 0 Å². The van der Waals surface area contributed by atoms with E-state index in [1.165, 1.54) is 8.93 Å². The van der Waals surface area contributed by atoms with Crippen molar-refractivity contribution in [2.24, 2.45) is 0 Å². The van der Waals surface area contributed by atoms with Gasteiger partial charge in [-0.2, -0.15) is 5.10 Å². The lowest BCUT2D eigenvalue weighted by Crippen LogP contribution is -1.66. The van der Waals surface area contributed by atoms with Crippen LogP contribution in [0.4, 0.5) is 0 Å². The Morgan fingerprint density at radius 3 is 3.10 bits per heavy atom. The molecular weight excluding hydrogens is 282 g/mol. The van der Waals surface area contributed by atoms with Crippen molar-refractivity contribution in [3.8, 4) is 11.2 Å². The second-order valence-electron chi connectivity index (χ2n) is 1.39. The molecule has 1 aromatic rings. The first-order valence-electron chi connectivity index (χ1n) is 2.32. The van der Waals surface area contributed by atoms with Gasteiger partial charge >= 0.3 is 0 Å². The number of nitrogens with one attached hydrogen (secondary N) is 1. The van der Waals surface area contributed by atoms with Gasteiger partial charge in [-0.05, 0) is 20.1 Å². The van der Waals surface area contributed by atoms with E-state index in [0.717, 1.165) is 5.56 Å². The van der Waals surface area contributed by atoms with E-state index in [9.17, 15) is 0 Å². The number of aromatic nitrogens is 2. The molecule has 0 radical (unpaired) electrons. The fourth-order valence-corrected chi connectivity index (χ4v) is 1.06. The largest absolute Gasteiger partial charge is 0.283 e. The van der Waals surface area contributed by atoms with Gasteiger partial charge in [-0.1, -0.05) is 11.6 Å². The molecule has 0 saturated heterocycles. The quantitative estimate of drug-likeness (QED) is 0.585. The van der Waals surface area contributed by atoms with Crippen molar-refractivity contribution in [1.29, 1.82) is 0 Å². The predicted molar refractivity (Wildman–Crippen MR) is 52.1 cm³/mol. The highest BCUT2D eigenvalue weighted by Crippen LogP contribution is 2.11. The molecule has 0 aliphatic heterocycles. The number of rotatable bonds is 0. The van der Waals surface area contributed by atoms with E-state index in [1.807, 2.05) is 0 Å². The van der Waals surface area contributed by atoms with E-state index in [1.54, 1.807) is 6.20 Å². The van der Waals surface area contributed by atoms with Crippen LogP contribution in [0.3, 0.4) is 0 Å². The van der Waals surface area contributed by atoms with E-state index in [0.29, 0.717) is 5.15 Å². The highest BCUT2D eigenvalue weighted by molar-refractivity contribution is 14.2. The average Bonchev–Trinajstić information content (AvgIpc) is 2.31. The summed E-state index contributed by atoms with van der Waals surface area (Å²) in [5, 5.41) is 9.54. The maximum Gasteiger partial charge on any atom is 0.166 e. The van der Waals surface area contributed by atoms with Crippen LogP contribution >= 0.6 is 41.7 Å². The molecule has 10 heavy (non-hydrogen) atoms. The SMILES string of the molecule is Clc1n[nH]cc1C#CSI. The molecule has 52 valence electrons. The Morgan fingerprint density at radius 1 is 1.80 bits per heavy atom. The van der Waals surface area contributed by atoms with Crippen molar-refractivity contribution in [2.75, 3.05) is 0 Å². The third-order valence-corrected chi connectivity index (χ3v) is 1.95. The van der Waals surface area contributed by atoms with Crippen LogP contribution in [-0.4, -0.2) is 10.2 Å². The summed E-state index contributed by atoms with van der Waals surface area (Å²) in [5.41, 5.74) is 0.742. The fraction of sp³-hybridized carbons (Fsp3) is 0. The zero-order valence-electron chi connectivity index (χ0n) is 4.69. The Balaban J connectivity index is 2.84. The van der Waals surface area contributed by atoms with E-state index >= 15 is 0 Å². The number of nitrogens with zero attached hydrogens (tertiary/aromatic N) is 1. The Morgan fingerprint density at radius 2 is 2.60 bits per heavy atom. The molecule has 1 N–H and O–H groups in total. The molecule has 0 aliphatic carbocycles. The van der Waals surface area contributed by atoms with Crippen molar-refractivity contribution in [3.63, 3.8) is 0 Å². The molecule has 0 aliphatic rings. The molecule has 1 heterocycles. The van der Waals surface area contributed by atoms with Gasteiger partial charge in [-0.25, -0.2) is 0 Å². The van der Waals surface area contributed by atoms with E-state index in [2.05, 4.69) is 42.6 Å². The van der Waals surface area contributed by atoms with Crippen LogP contribution in [0.5, 0.6) is 0 Å². The molecular formula is C5H2ClIN2S. The van der Waals surface area contributed by atoms with Crippen molar-refractivity contribution >= 4 is 41.7 Å². The van der Waals surface area contributed by atoms with E-state index < -0.39 is 0 Å². The van der Waals surface area contributed by atoms with Crippen LogP contribution in [0, 0.1) is 11.2 Å². The lowest BCUT2D eigenvalue weighted by molar-refractivity contribution is 1.09. The van der Waals surface area contributed by atoms with Crippen molar-refractivity contribution in [3.05, 3.63) is 16.9 Å². The molecule has 0 saturated carbocycles. The van der Waals surface area contributed by atoms with Gasteiger partial charge in [0.25, 0.3) is 0 Å². The van der Waals surface area contributed by atoms with E-state index in [4.69, 9.17) is 11.6 Å². The smallest absolute Gasteiger partial charge is 0.166 e. The molecule has 0 unspecified atom stereocenters. The topological polar surface area (TPSA) is 28.7 Å². The highest BCUT2D eigenvalue weighted by atomic mass is 127. The second-order valence-corrected chi connectivity index (χ2v) is 3.43. The third kappa shape index (κ3) is 2.08. The lowest BCUT2D eigenvalue weighted by atomic mass is 10.4. The zero-order valence-corrected chi connectivity index (χ0v) is 8.42. The number of H-pyrrole nitrogens is 1. The third-order valence-electron chi connectivity index (χ3n) is 0.818. The molecule has 1 rings (SSSR count). The summed E-state index contributed by atoms with van der Waals surface area (Å²) in [4.78, 5) is 0. The first kappa shape index (κ1) is 8.24. The van der Waals surface area contributed by atoms with Gasteiger partial charge in [0.2, 0.25) is 0 Å². The van der Waals surface area contributed by atoms with Crippen molar-refractivity contribution < 1.29 is 0 Å². The minimum absolute atomic E-state index is 0.429. The lowest BCUT2D eigenvalue weighted by Gasteiger charge is -1.76. The minimum atomic E-state index is 0.429. The maximum atomic E-state index is 5.62. The van der Waals surface area contributed by atoms with Crippen LogP contribution < -0.4 is 0 Å². The molecule has 0 fully saturated rings. The Labute approximate surface area is 79.7 Å². The Kier molecular flexibility index (Phi) is 3.39. The van der Waals surface area contributed by atoms with Crippen LogP contribution in [0.25, 0.3) is 0 Å². The van der Waals surface area contributed by atoms with Gasteiger partial charge in [-0.3, -0.25) is 5.10 Å². The highest BCUT2D eigenvalue weighted by Gasteiger charge is 1.95. The summed E-state index contributed by atoms with van der Waals surface area (Å²) in [5.74, 6) is 2.82. The summed E-state index contributed by atoms with van der Waals surface area (Å²) in [6.07, 6.45) is 1.67. The van der Waals surface area contributed by atoms with Gasteiger partial charge in [0.05, 0.1) is 5.56 Å². The number of hydrogen-bond donors (Lipinski definition) is 1. The summed E-state index contributed by atoms with van der Waals surface area (Å²) >= 11 is 7.71. The number of hydrogen-bond acceptors (Lipinski definition) is 2. The van der Waals surface area contributed by atoms with Gasteiger partial charge in [0, 0.05) is 27.4 Å². The summed E-state index contributed by atoms with van der Waals surface area (Å²) in [6, 6.07) is 0. The summed E-state index contributed by atoms with van der Waals surface area (Å²) in [7, 11) is 1.42. The minimum Gasteiger partial charge on any atom is -0.283 e. The van der Waals surface area contributed by atoms with Crippen LogP contribution in [-0.2, 0) is 0 Å². The van der Waals surface area contributed by atoms with Gasteiger partial charge in [-0.15, -0.1) is 0 Å². The Bertz CT molecular complexity index is 275. The first-order valence-corrected chi connectivity index (χ1v) is 6.06. The zero-order chi connectivity index (χ0) is 7.40. The monoisotopic (exact) mass is 284 g/mol. The fourth-order valence-electron chi connectivity index (χ4n) is 0.435. The maximum absolute atomic E-state index is 5.62. The standard InChI is InChI=1S/C5H2ClIN2S/c6-5-4(1-2-10-7)3-8-9-5/h3H,(H,8,9). The van der Waals surface area contributed by atoms with E-state index in [-0.39, 0.29) is 0 Å². The predicted octanol–water partition coefficient (Wildman–Crippen LogP) is 2.46. The summed E-state index contributed by atoms with van der Waals surface area (Å²) < 4.78 is 0. The average molecular weight is 285 g/mol. The molecule has 0 aromatic carbocycles. The van der Waals surface area contributed by atoms with Crippen molar-refractivity contribution in [2.45, 2.75) is 0 Å². The van der Waals surface area contributed by atoms with Crippen LogP contribution in [0.15, 0.2) is 6.20 Å². The normalized spacial score (nSPS) is 8.60. The molecule has 0 amide bonds. The Hall–Kier alpha value is 0.140. The number of aromatic amines is 1. The second kappa shape index (κ2) is 4.11. The number of halogens is 2. The first-order chi connectivity index (χ1) is 4.84. The van der Waals surface area contributed by atoms with Gasteiger partial charge < -0.3 is 0 Å².